The fourth-order valence-electron chi connectivity index (χ4n) is 0. The number of terminal acetylenes is 1. The maximum atomic E-state index is 8.36. The van der Waals surface area contributed by atoms with Crippen LogP contribution in [0.25, 0.3) is 0 Å². The highest BCUT2D eigenvalue weighted by atomic mass is 16.3. The second-order valence-electron chi connectivity index (χ2n) is 0.105. The minimum absolute atomic E-state index is 0.250. The average Bonchev–Trinajstić information content (AvgIpc) is 1.46. The topological polar surface area (TPSA) is 37.3 Å². The van der Waals surface area contributed by atoms with Crippen molar-refractivity contribution in [2.24, 2.45) is 0 Å². The van der Waals surface area contributed by atoms with Gasteiger partial charge in [0.2, 0.25) is 0 Å². The molecule has 0 heterocycles. The summed E-state index contributed by atoms with van der Waals surface area (Å²) in [5, 5.41) is 6.89. The fraction of sp³-hybridized carbons (Fsp3) is 0. The largest absolute Gasteiger partial charge is 0.483 e. The lowest BCUT2D eigenvalue weighted by atomic mass is 11.4. The van der Waals surface area contributed by atoms with E-state index in [-0.39, 0.29) is 6.47 Å². The van der Waals surface area contributed by atoms with Crippen LogP contribution in [0.5, 0.6) is 0 Å². The van der Waals surface area contributed by atoms with Crippen molar-refractivity contribution in [2.45, 2.75) is 0 Å². The zero-order chi connectivity index (χ0) is 4.71. The van der Waals surface area contributed by atoms with Crippen molar-refractivity contribution in [1.82, 2.24) is 0 Å². The van der Waals surface area contributed by atoms with E-state index in [0.717, 1.165) is 0 Å². The second kappa shape index (κ2) is 13900. The van der Waals surface area contributed by atoms with Crippen LogP contribution in [0.15, 0.2) is 0 Å². The minimum atomic E-state index is -0.250. The van der Waals surface area contributed by atoms with Crippen molar-refractivity contribution >= 4 is 6.47 Å². The van der Waals surface area contributed by atoms with Crippen molar-refractivity contribution in [3.05, 3.63) is 0 Å². The smallest absolute Gasteiger partial charge is 0.290 e. The van der Waals surface area contributed by atoms with Gasteiger partial charge in [-0.05, 0) is 0 Å². The molecule has 2 nitrogen and oxygen atoms in total. The molecule has 0 aromatic heterocycles. The molecule has 0 aliphatic heterocycles. The first-order valence-electron chi connectivity index (χ1n) is 0.827. The first-order valence-corrected chi connectivity index (χ1v) is 0.827. The van der Waals surface area contributed by atoms with Crippen LogP contribution >= 0.6 is 0 Å². The molecule has 0 spiro atoms. The molecule has 0 saturated carbocycles. The molecule has 0 aliphatic rings. The predicted molar refractivity (Wildman–Crippen MR) is 18.6 cm³/mol. The summed E-state index contributed by atoms with van der Waals surface area (Å²) in [4.78, 5) is 8.36. The van der Waals surface area contributed by atoms with E-state index < -0.39 is 0 Å². The van der Waals surface area contributed by atoms with Crippen LogP contribution in [0, 0.1) is 12.8 Å². The van der Waals surface area contributed by atoms with Crippen LogP contribution in [0.4, 0.5) is 0 Å². The third kappa shape index (κ3) is 3.42. The van der Waals surface area contributed by atoms with Crippen molar-refractivity contribution in [3.63, 3.8) is 0 Å². The normalized spacial score (nSPS) is 2.80. The zero-order valence-corrected chi connectivity index (χ0v) is 2.59. The highest BCUT2D eigenvalue weighted by molar-refractivity contribution is 5.32. The first kappa shape index (κ1) is 8.98. The third-order valence-electron chi connectivity index (χ3n) is 0. The summed E-state index contributed by atoms with van der Waals surface area (Å²) in [6.07, 6.45) is 8.00. The summed E-state index contributed by atoms with van der Waals surface area (Å²) >= 11 is 0. The molecule has 0 radical (unpaired) electrons. The molecule has 0 bridgehead atoms. The highest BCUT2D eigenvalue weighted by Gasteiger charge is 1.22. The standard InChI is InChI=1S/C2H2.CH2O2/c1-2;2-1-3/h1-2H;1H,(H,2,3). The van der Waals surface area contributed by atoms with E-state index in [1.54, 1.807) is 0 Å². The van der Waals surface area contributed by atoms with Crippen LogP contribution in [0.2, 0.25) is 0 Å². The second-order valence-corrected chi connectivity index (χ2v) is 0.105. The summed E-state index contributed by atoms with van der Waals surface area (Å²) in [5.41, 5.74) is 0. The van der Waals surface area contributed by atoms with Crippen LogP contribution < -0.4 is 0 Å². The van der Waals surface area contributed by atoms with E-state index in [1.165, 1.54) is 0 Å². The van der Waals surface area contributed by atoms with E-state index in [1.807, 2.05) is 0 Å². The molecule has 0 fully saturated rings. The van der Waals surface area contributed by atoms with Gasteiger partial charge < -0.3 is 5.11 Å². The quantitative estimate of drug-likeness (QED) is 0.322. The van der Waals surface area contributed by atoms with Gasteiger partial charge in [-0.25, -0.2) is 0 Å². The Morgan fingerprint density at radius 3 is 1.60 bits per heavy atom. The van der Waals surface area contributed by atoms with Crippen molar-refractivity contribution in [2.75, 3.05) is 0 Å². The van der Waals surface area contributed by atoms with Gasteiger partial charge in [0.15, 0.2) is 0 Å². The first-order chi connectivity index (χ1) is 2.41. The van der Waals surface area contributed by atoms with Crippen molar-refractivity contribution in [1.29, 1.82) is 0 Å². The van der Waals surface area contributed by atoms with E-state index in [2.05, 4.69) is 12.8 Å². The Morgan fingerprint density at radius 2 is 1.60 bits per heavy atom. The van der Waals surface area contributed by atoms with E-state index in [4.69, 9.17) is 9.90 Å². The number of carbonyl (C=O) groups is 1. The number of carboxylic acid groups (broad SMARTS) is 1. The molecular weight excluding hydrogens is 68.0 g/mol. The molecule has 0 aliphatic carbocycles. The molecule has 28 valence electrons. The zero-order valence-electron chi connectivity index (χ0n) is 2.59. The summed E-state index contributed by atoms with van der Waals surface area (Å²) < 4.78 is 0. The lowest BCUT2D eigenvalue weighted by molar-refractivity contribution is -0.122. The number of hydrogen-bond acceptors (Lipinski definition) is 1. The molecule has 5 heavy (non-hydrogen) atoms. The molecule has 2 heteroatoms. The fourth-order valence-corrected chi connectivity index (χ4v) is 0. The van der Waals surface area contributed by atoms with Gasteiger partial charge in [-0.2, -0.15) is 0 Å². The molecule has 0 aromatic carbocycles. The molecule has 0 aromatic rings. The molecular formula is C3H4O2. The summed E-state index contributed by atoms with van der Waals surface area (Å²) in [5.74, 6) is 0. The Bertz CT molecular complexity index is 29.1. The van der Waals surface area contributed by atoms with Crippen LogP contribution in [-0.4, -0.2) is 11.6 Å². The average molecular weight is 72.1 g/mol. The Balaban J connectivity index is 0. The van der Waals surface area contributed by atoms with Gasteiger partial charge in [0.25, 0.3) is 6.47 Å². The molecule has 0 rings (SSSR count). The van der Waals surface area contributed by atoms with Gasteiger partial charge in [-0.3, -0.25) is 4.79 Å². The molecule has 0 saturated heterocycles. The summed E-state index contributed by atoms with van der Waals surface area (Å²) in [6.45, 7) is -0.250. The number of hydrogen-bond donors (Lipinski definition) is 1. The van der Waals surface area contributed by atoms with Gasteiger partial charge >= 0.3 is 0 Å². The summed E-state index contributed by atoms with van der Waals surface area (Å²) in [6, 6.07) is 0. The Hall–Kier alpha value is -0.970. The maximum absolute atomic E-state index is 8.36. The number of rotatable bonds is 0. The van der Waals surface area contributed by atoms with Gasteiger partial charge in [0.1, 0.15) is 0 Å². The van der Waals surface area contributed by atoms with Crippen molar-refractivity contribution < 1.29 is 9.90 Å². The van der Waals surface area contributed by atoms with Gasteiger partial charge in [-0.1, -0.05) is 0 Å². The molecule has 0 amide bonds. The van der Waals surface area contributed by atoms with E-state index >= 15 is 0 Å². The molecule has 0 atom stereocenters. The SMILES string of the molecule is C#C.O=CO. The van der Waals surface area contributed by atoms with Crippen LogP contribution in [0.3, 0.4) is 0 Å². The van der Waals surface area contributed by atoms with Crippen LogP contribution in [-0.2, 0) is 4.79 Å². The Labute approximate surface area is 30.4 Å². The summed E-state index contributed by atoms with van der Waals surface area (Å²) in [7, 11) is 0. The maximum Gasteiger partial charge on any atom is 0.290 e. The predicted octanol–water partition coefficient (Wildman–Crippen LogP) is -0.0498. The lowest BCUT2D eigenvalue weighted by Gasteiger charge is -1.34. The Kier molecular flexibility index (Phi) is 24900. The van der Waals surface area contributed by atoms with E-state index in [0.29, 0.717) is 0 Å². The van der Waals surface area contributed by atoms with Crippen molar-refractivity contribution in [3.8, 4) is 12.8 Å². The van der Waals surface area contributed by atoms with Gasteiger partial charge in [0, 0.05) is 0 Å². The van der Waals surface area contributed by atoms with Crippen LogP contribution in [0.1, 0.15) is 0 Å². The third-order valence-corrected chi connectivity index (χ3v) is 0. The molecule has 0 unspecified atom stereocenters. The van der Waals surface area contributed by atoms with E-state index in [9.17, 15) is 0 Å². The minimum Gasteiger partial charge on any atom is -0.483 e. The highest BCUT2D eigenvalue weighted by Crippen LogP contribution is 0.966. The Morgan fingerprint density at radius 1 is 1.60 bits per heavy atom. The monoisotopic (exact) mass is 72.0 g/mol. The van der Waals surface area contributed by atoms with Gasteiger partial charge in [-0.15, -0.1) is 12.8 Å². The lowest BCUT2D eigenvalue weighted by Crippen LogP contribution is -1.49. The van der Waals surface area contributed by atoms with Gasteiger partial charge in [0.05, 0.1) is 0 Å². The molecule has 1 N–H and O–H groups in total.